The van der Waals surface area contributed by atoms with Crippen molar-refractivity contribution in [3.63, 3.8) is 0 Å². The molecule has 0 radical (unpaired) electrons. The maximum atomic E-state index is 11.3. The van der Waals surface area contributed by atoms with Gasteiger partial charge in [0.05, 0.1) is 12.2 Å². The molecule has 0 aromatic heterocycles. The molecule has 0 saturated heterocycles. The van der Waals surface area contributed by atoms with E-state index in [4.69, 9.17) is 14.9 Å². The van der Waals surface area contributed by atoms with E-state index in [1.807, 2.05) is 13.8 Å². The van der Waals surface area contributed by atoms with Crippen molar-refractivity contribution < 1.29 is 24.5 Å². The van der Waals surface area contributed by atoms with Crippen LogP contribution in [0.3, 0.4) is 0 Å². The summed E-state index contributed by atoms with van der Waals surface area (Å²) >= 11 is 0. The molecule has 22 heavy (non-hydrogen) atoms. The topological polar surface area (TPSA) is 83.8 Å². The molecule has 0 spiro atoms. The number of carbonyl (C=O) groups excluding carboxylic acids is 1. The normalized spacial score (nSPS) is 10.3. The predicted molar refractivity (Wildman–Crippen MR) is 84.9 cm³/mol. The Labute approximate surface area is 130 Å². The van der Waals surface area contributed by atoms with Gasteiger partial charge in [-0.15, -0.1) is 0 Å². The lowest BCUT2D eigenvalue weighted by atomic mass is 10.2. The standard InChI is InChI=1S/C11H14O3.C6H8O2/c1-2-3-8-14-11(13)9-4-6-10(12)7-5-9;1-2-3-4-5-6(7)8/h4-7,12H,2-3,8H2,1H3;2-5H,1H3,(H,7,8)/b;3-2+,5-4+. The zero-order valence-corrected chi connectivity index (χ0v) is 12.9. The van der Waals surface area contributed by atoms with Crippen LogP contribution in [0.2, 0.25) is 0 Å². The number of esters is 1. The van der Waals surface area contributed by atoms with Gasteiger partial charge in [0, 0.05) is 6.08 Å². The number of carboxylic acid groups (broad SMARTS) is 1. The van der Waals surface area contributed by atoms with Crippen LogP contribution in [-0.4, -0.2) is 28.8 Å². The van der Waals surface area contributed by atoms with Crippen LogP contribution in [-0.2, 0) is 9.53 Å². The lowest BCUT2D eigenvalue weighted by Gasteiger charge is -2.03. The highest BCUT2D eigenvalue weighted by molar-refractivity contribution is 5.89. The van der Waals surface area contributed by atoms with Gasteiger partial charge < -0.3 is 14.9 Å². The Morgan fingerprint density at radius 3 is 2.32 bits per heavy atom. The molecule has 0 aliphatic carbocycles. The lowest BCUT2D eigenvalue weighted by Crippen LogP contribution is -2.05. The molecule has 0 amide bonds. The molecule has 0 saturated carbocycles. The molecule has 0 atom stereocenters. The minimum Gasteiger partial charge on any atom is -0.508 e. The van der Waals surface area contributed by atoms with E-state index in [0.29, 0.717) is 12.2 Å². The molecular formula is C17H22O5. The average molecular weight is 306 g/mol. The molecule has 0 aliphatic heterocycles. The minimum absolute atomic E-state index is 0.148. The highest BCUT2D eigenvalue weighted by Gasteiger charge is 2.05. The van der Waals surface area contributed by atoms with E-state index in [-0.39, 0.29) is 11.7 Å². The fourth-order valence-electron chi connectivity index (χ4n) is 1.24. The van der Waals surface area contributed by atoms with Crippen molar-refractivity contribution in [2.45, 2.75) is 26.7 Å². The van der Waals surface area contributed by atoms with Crippen molar-refractivity contribution in [1.82, 2.24) is 0 Å². The predicted octanol–water partition coefficient (Wildman–Crippen LogP) is 3.55. The van der Waals surface area contributed by atoms with Crippen LogP contribution < -0.4 is 0 Å². The molecule has 0 fully saturated rings. The number of rotatable bonds is 6. The number of phenols is 1. The number of carbonyl (C=O) groups is 2. The summed E-state index contributed by atoms with van der Waals surface area (Å²) in [6.45, 7) is 4.32. The minimum atomic E-state index is -0.914. The Morgan fingerprint density at radius 1 is 1.18 bits per heavy atom. The number of hydrogen-bond acceptors (Lipinski definition) is 4. The maximum absolute atomic E-state index is 11.3. The van der Waals surface area contributed by atoms with Crippen molar-refractivity contribution in [2.75, 3.05) is 6.61 Å². The summed E-state index contributed by atoms with van der Waals surface area (Å²) in [7, 11) is 0. The molecule has 0 unspecified atom stereocenters. The summed E-state index contributed by atoms with van der Waals surface area (Å²) in [5.41, 5.74) is 0.471. The number of aliphatic carboxylic acids is 1. The van der Waals surface area contributed by atoms with E-state index in [1.165, 1.54) is 18.2 Å². The van der Waals surface area contributed by atoms with Gasteiger partial charge >= 0.3 is 11.9 Å². The van der Waals surface area contributed by atoms with Crippen LogP contribution in [0.4, 0.5) is 0 Å². The average Bonchev–Trinajstić information content (AvgIpc) is 2.49. The van der Waals surface area contributed by atoms with Crippen LogP contribution in [0.15, 0.2) is 48.6 Å². The van der Waals surface area contributed by atoms with Crippen LogP contribution in [0, 0.1) is 0 Å². The Balaban J connectivity index is 0.000000472. The molecule has 0 heterocycles. The first-order valence-electron chi connectivity index (χ1n) is 6.99. The molecule has 0 aliphatic rings. The van der Waals surface area contributed by atoms with E-state index in [2.05, 4.69) is 0 Å². The monoisotopic (exact) mass is 306 g/mol. The van der Waals surface area contributed by atoms with Gasteiger partial charge in [-0.1, -0.05) is 31.6 Å². The number of aromatic hydroxyl groups is 1. The summed E-state index contributed by atoms with van der Waals surface area (Å²) in [6.07, 6.45) is 7.86. The van der Waals surface area contributed by atoms with E-state index in [1.54, 1.807) is 24.3 Å². The number of benzene rings is 1. The van der Waals surface area contributed by atoms with Crippen molar-refractivity contribution >= 4 is 11.9 Å². The highest BCUT2D eigenvalue weighted by Crippen LogP contribution is 2.10. The van der Waals surface area contributed by atoms with Gasteiger partial charge in [-0.3, -0.25) is 0 Å². The van der Waals surface area contributed by atoms with Gasteiger partial charge in [0.25, 0.3) is 0 Å². The summed E-state index contributed by atoms with van der Waals surface area (Å²) < 4.78 is 4.99. The van der Waals surface area contributed by atoms with Crippen LogP contribution >= 0.6 is 0 Å². The van der Waals surface area contributed by atoms with Gasteiger partial charge in [0.2, 0.25) is 0 Å². The quantitative estimate of drug-likeness (QED) is 0.363. The summed E-state index contributed by atoms with van der Waals surface area (Å²) in [5.74, 6) is -1.10. The molecule has 1 rings (SSSR count). The van der Waals surface area contributed by atoms with Crippen LogP contribution in [0.5, 0.6) is 5.75 Å². The maximum Gasteiger partial charge on any atom is 0.338 e. The van der Waals surface area contributed by atoms with E-state index >= 15 is 0 Å². The molecule has 120 valence electrons. The summed E-state index contributed by atoms with van der Waals surface area (Å²) in [6, 6.07) is 6.03. The SMILES string of the molecule is C/C=C/C=C/C(=O)O.CCCCOC(=O)c1ccc(O)cc1. The third-order valence-electron chi connectivity index (χ3n) is 2.38. The summed E-state index contributed by atoms with van der Waals surface area (Å²) in [4.78, 5) is 21.1. The smallest absolute Gasteiger partial charge is 0.338 e. The molecule has 0 bridgehead atoms. The van der Waals surface area contributed by atoms with E-state index in [9.17, 15) is 9.59 Å². The molecule has 5 nitrogen and oxygen atoms in total. The van der Waals surface area contributed by atoms with Gasteiger partial charge in [-0.2, -0.15) is 0 Å². The zero-order valence-electron chi connectivity index (χ0n) is 12.9. The Kier molecular flexibility index (Phi) is 10.8. The fourth-order valence-corrected chi connectivity index (χ4v) is 1.24. The summed E-state index contributed by atoms with van der Waals surface area (Å²) in [5, 5.41) is 17.0. The number of allylic oxidation sites excluding steroid dienone is 3. The first-order valence-corrected chi connectivity index (χ1v) is 6.99. The highest BCUT2D eigenvalue weighted by atomic mass is 16.5. The van der Waals surface area contributed by atoms with Gasteiger partial charge in [-0.05, 0) is 37.6 Å². The Hall–Kier alpha value is -2.56. The first-order chi connectivity index (χ1) is 10.5. The van der Waals surface area contributed by atoms with E-state index in [0.717, 1.165) is 18.9 Å². The van der Waals surface area contributed by atoms with Gasteiger partial charge in [0.15, 0.2) is 0 Å². The van der Waals surface area contributed by atoms with Crippen molar-refractivity contribution in [3.8, 4) is 5.75 Å². The second-order valence-electron chi connectivity index (χ2n) is 4.26. The second-order valence-corrected chi connectivity index (χ2v) is 4.26. The second kappa shape index (κ2) is 12.2. The van der Waals surface area contributed by atoms with Gasteiger partial charge in [-0.25, -0.2) is 9.59 Å². The lowest BCUT2D eigenvalue weighted by molar-refractivity contribution is -0.131. The fraction of sp³-hybridized carbons (Fsp3) is 0.294. The Bertz CT molecular complexity index is 500. The Morgan fingerprint density at radius 2 is 1.82 bits per heavy atom. The van der Waals surface area contributed by atoms with Crippen LogP contribution in [0.1, 0.15) is 37.0 Å². The number of unbranched alkanes of at least 4 members (excludes halogenated alkanes) is 1. The van der Waals surface area contributed by atoms with Crippen LogP contribution in [0.25, 0.3) is 0 Å². The zero-order chi connectivity index (χ0) is 16.8. The van der Waals surface area contributed by atoms with Gasteiger partial charge in [0.1, 0.15) is 5.75 Å². The number of hydrogen-bond donors (Lipinski definition) is 2. The van der Waals surface area contributed by atoms with Crippen molar-refractivity contribution in [1.29, 1.82) is 0 Å². The number of carboxylic acids is 1. The molecule has 1 aromatic rings. The molecule has 1 aromatic carbocycles. The van der Waals surface area contributed by atoms with Crippen molar-refractivity contribution in [3.05, 3.63) is 54.1 Å². The number of ether oxygens (including phenoxy) is 1. The number of phenolic OH excluding ortho intramolecular Hbond substituents is 1. The van der Waals surface area contributed by atoms with E-state index < -0.39 is 5.97 Å². The first kappa shape index (κ1) is 19.4. The van der Waals surface area contributed by atoms with Crippen molar-refractivity contribution in [2.24, 2.45) is 0 Å². The third kappa shape index (κ3) is 10.3. The molecular weight excluding hydrogens is 284 g/mol. The molecule has 2 N–H and O–H groups in total. The largest absolute Gasteiger partial charge is 0.508 e. The molecule has 5 heteroatoms. The third-order valence-corrected chi connectivity index (χ3v) is 2.38.